The molecule has 0 fully saturated rings. The van der Waals surface area contributed by atoms with E-state index in [-0.39, 0.29) is 29.6 Å². The lowest BCUT2D eigenvalue weighted by Gasteiger charge is -2.23. The highest BCUT2D eigenvalue weighted by Gasteiger charge is 2.14. The summed E-state index contributed by atoms with van der Waals surface area (Å²) in [5.74, 6) is 2.49. The molecule has 0 spiro atoms. The van der Waals surface area contributed by atoms with Gasteiger partial charge in [-0.15, -0.1) is 24.0 Å². The van der Waals surface area contributed by atoms with Gasteiger partial charge in [0.25, 0.3) is 0 Å². The maximum Gasteiger partial charge on any atom is 0.191 e. The number of hydrogen-bond donors (Lipinski definition) is 2. The fourth-order valence-electron chi connectivity index (χ4n) is 2.15. The molecular formula is C19H28IN3O2. The van der Waals surface area contributed by atoms with Crippen molar-refractivity contribution in [2.75, 3.05) is 6.54 Å². The molecule has 0 amide bonds. The van der Waals surface area contributed by atoms with E-state index in [0.717, 1.165) is 29.6 Å². The summed E-state index contributed by atoms with van der Waals surface area (Å²) in [5.41, 5.74) is 0.824. The van der Waals surface area contributed by atoms with Crippen molar-refractivity contribution in [3.05, 3.63) is 54.0 Å². The highest BCUT2D eigenvalue weighted by atomic mass is 127. The molecule has 0 bridgehead atoms. The molecule has 5 nitrogen and oxygen atoms in total. The van der Waals surface area contributed by atoms with Crippen LogP contribution < -0.4 is 15.4 Å². The first-order valence-electron chi connectivity index (χ1n) is 8.29. The largest absolute Gasteiger partial charge is 0.488 e. The van der Waals surface area contributed by atoms with Gasteiger partial charge in [0.05, 0.1) is 19.4 Å². The zero-order valence-electron chi connectivity index (χ0n) is 15.3. The first-order chi connectivity index (χ1) is 11.5. The molecule has 0 aliphatic carbocycles. The van der Waals surface area contributed by atoms with Gasteiger partial charge in [-0.3, -0.25) is 0 Å². The summed E-state index contributed by atoms with van der Waals surface area (Å²) in [5, 5.41) is 6.50. The summed E-state index contributed by atoms with van der Waals surface area (Å²) < 4.78 is 11.4. The van der Waals surface area contributed by atoms with Crippen LogP contribution >= 0.6 is 24.0 Å². The van der Waals surface area contributed by atoms with Crippen molar-refractivity contribution in [2.24, 2.45) is 4.99 Å². The van der Waals surface area contributed by atoms with Crippen molar-refractivity contribution in [3.8, 4) is 5.75 Å². The lowest BCUT2D eigenvalue weighted by molar-refractivity contribution is 0.129. The van der Waals surface area contributed by atoms with E-state index in [1.54, 1.807) is 6.26 Å². The predicted molar refractivity (Wildman–Crippen MR) is 113 cm³/mol. The average molecular weight is 457 g/mol. The second kappa shape index (κ2) is 10.3. The van der Waals surface area contributed by atoms with Crippen LogP contribution in [0, 0.1) is 0 Å². The first-order valence-corrected chi connectivity index (χ1v) is 8.29. The predicted octanol–water partition coefficient (Wildman–Crippen LogP) is 4.33. The Hall–Kier alpha value is -1.70. The van der Waals surface area contributed by atoms with E-state index >= 15 is 0 Å². The second-order valence-corrected chi connectivity index (χ2v) is 6.45. The third-order valence-electron chi connectivity index (χ3n) is 3.15. The number of furan rings is 1. The Morgan fingerprint density at radius 3 is 2.52 bits per heavy atom. The van der Waals surface area contributed by atoms with Crippen molar-refractivity contribution in [1.82, 2.24) is 10.6 Å². The van der Waals surface area contributed by atoms with Crippen molar-refractivity contribution in [1.29, 1.82) is 0 Å². The van der Waals surface area contributed by atoms with Crippen LogP contribution in [0.1, 0.15) is 39.0 Å². The maximum absolute atomic E-state index is 6.02. The van der Waals surface area contributed by atoms with Crippen LogP contribution in [0.2, 0.25) is 0 Å². The first kappa shape index (κ1) is 21.3. The van der Waals surface area contributed by atoms with E-state index < -0.39 is 0 Å². The van der Waals surface area contributed by atoms with Crippen molar-refractivity contribution in [3.63, 3.8) is 0 Å². The molecule has 0 atom stereocenters. The maximum atomic E-state index is 6.02. The standard InChI is InChI=1S/C19H27N3O2.HI/c1-5-20-18(22-14-16-10-8-12-23-16)21-13-15-9-6-7-11-17(15)24-19(2,3)4;/h6-12H,5,13-14H2,1-4H3,(H2,20,21,22);1H. The minimum Gasteiger partial charge on any atom is -0.488 e. The highest BCUT2D eigenvalue weighted by molar-refractivity contribution is 14.0. The second-order valence-electron chi connectivity index (χ2n) is 6.45. The molecule has 1 heterocycles. The van der Waals surface area contributed by atoms with Gasteiger partial charge in [0.2, 0.25) is 0 Å². The van der Waals surface area contributed by atoms with Gasteiger partial charge in [-0.2, -0.15) is 0 Å². The number of aliphatic imine (C=N–C) groups is 1. The van der Waals surface area contributed by atoms with Crippen LogP contribution in [0.25, 0.3) is 0 Å². The van der Waals surface area contributed by atoms with Gasteiger partial charge in [0.1, 0.15) is 17.1 Å². The van der Waals surface area contributed by atoms with Crippen LogP contribution in [0.15, 0.2) is 52.1 Å². The van der Waals surface area contributed by atoms with Crippen LogP contribution in [-0.2, 0) is 13.1 Å². The number of ether oxygens (including phenoxy) is 1. The molecule has 6 heteroatoms. The van der Waals surface area contributed by atoms with Gasteiger partial charge in [0, 0.05) is 12.1 Å². The van der Waals surface area contributed by atoms with E-state index in [4.69, 9.17) is 9.15 Å². The zero-order valence-corrected chi connectivity index (χ0v) is 17.7. The van der Waals surface area contributed by atoms with E-state index in [9.17, 15) is 0 Å². The minimum absolute atomic E-state index is 0. The van der Waals surface area contributed by atoms with Gasteiger partial charge in [-0.05, 0) is 45.9 Å². The molecule has 2 rings (SSSR count). The Labute approximate surface area is 167 Å². The molecule has 1 aromatic heterocycles. The number of rotatable bonds is 6. The number of benzene rings is 1. The average Bonchev–Trinajstić information content (AvgIpc) is 3.03. The van der Waals surface area contributed by atoms with Crippen molar-refractivity contribution < 1.29 is 9.15 Å². The Kier molecular flexibility index (Phi) is 8.82. The summed E-state index contributed by atoms with van der Waals surface area (Å²) in [6.45, 7) is 10.1. The molecule has 0 unspecified atom stereocenters. The summed E-state index contributed by atoms with van der Waals surface area (Å²) in [6, 6.07) is 11.8. The van der Waals surface area contributed by atoms with E-state index in [0.29, 0.717) is 13.1 Å². The Balaban J connectivity index is 0.00000312. The molecule has 2 N–H and O–H groups in total. The van der Waals surface area contributed by atoms with Crippen molar-refractivity contribution in [2.45, 2.75) is 46.4 Å². The monoisotopic (exact) mass is 457 g/mol. The molecule has 138 valence electrons. The van der Waals surface area contributed by atoms with Gasteiger partial charge in [-0.1, -0.05) is 18.2 Å². The number of guanidine groups is 1. The van der Waals surface area contributed by atoms with E-state index in [1.165, 1.54) is 0 Å². The molecule has 0 saturated heterocycles. The Morgan fingerprint density at radius 1 is 1.12 bits per heavy atom. The van der Waals surface area contributed by atoms with Crippen LogP contribution in [0.3, 0.4) is 0 Å². The lowest BCUT2D eigenvalue weighted by Crippen LogP contribution is -2.36. The number of hydrogen-bond acceptors (Lipinski definition) is 3. The minimum atomic E-state index is -0.234. The summed E-state index contributed by atoms with van der Waals surface area (Å²) in [6.07, 6.45) is 1.67. The third kappa shape index (κ3) is 7.81. The van der Waals surface area contributed by atoms with Crippen LogP contribution in [0.5, 0.6) is 5.75 Å². The van der Waals surface area contributed by atoms with Gasteiger partial charge in [0.15, 0.2) is 5.96 Å². The zero-order chi connectivity index (χ0) is 17.4. The summed E-state index contributed by atoms with van der Waals surface area (Å²) in [4.78, 5) is 4.65. The molecule has 25 heavy (non-hydrogen) atoms. The molecule has 0 radical (unpaired) electrons. The molecule has 1 aromatic carbocycles. The van der Waals surface area contributed by atoms with Gasteiger partial charge < -0.3 is 19.8 Å². The lowest BCUT2D eigenvalue weighted by atomic mass is 10.1. The van der Waals surface area contributed by atoms with Gasteiger partial charge in [-0.25, -0.2) is 4.99 Å². The van der Waals surface area contributed by atoms with Gasteiger partial charge >= 0.3 is 0 Å². The fraction of sp³-hybridized carbons (Fsp3) is 0.421. The number of para-hydroxylation sites is 1. The summed E-state index contributed by atoms with van der Waals surface area (Å²) >= 11 is 0. The fourth-order valence-corrected chi connectivity index (χ4v) is 2.15. The number of nitrogens with zero attached hydrogens (tertiary/aromatic N) is 1. The summed E-state index contributed by atoms with van der Waals surface area (Å²) in [7, 11) is 0. The van der Waals surface area contributed by atoms with Crippen LogP contribution in [0.4, 0.5) is 0 Å². The van der Waals surface area contributed by atoms with E-state index in [1.807, 2.05) is 64.1 Å². The Morgan fingerprint density at radius 2 is 1.88 bits per heavy atom. The SMILES string of the molecule is CCNC(=NCc1ccccc1OC(C)(C)C)NCc1ccco1.I. The molecule has 0 saturated carbocycles. The van der Waals surface area contributed by atoms with Crippen LogP contribution in [-0.4, -0.2) is 18.1 Å². The molecule has 0 aliphatic heterocycles. The molecular weight excluding hydrogens is 429 g/mol. The topological polar surface area (TPSA) is 58.8 Å². The Bertz CT molecular complexity index is 649. The van der Waals surface area contributed by atoms with Crippen molar-refractivity contribution >= 4 is 29.9 Å². The normalized spacial score (nSPS) is 11.6. The molecule has 2 aromatic rings. The number of nitrogens with one attached hydrogen (secondary N) is 2. The molecule has 0 aliphatic rings. The quantitative estimate of drug-likeness (QED) is 0.385. The highest BCUT2D eigenvalue weighted by Crippen LogP contribution is 2.23. The number of halogens is 1. The smallest absolute Gasteiger partial charge is 0.191 e. The van der Waals surface area contributed by atoms with E-state index in [2.05, 4.69) is 15.6 Å². The third-order valence-corrected chi connectivity index (χ3v) is 3.15.